The molecule has 1 atom stereocenters. The molecule has 1 unspecified atom stereocenters. The van der Waals surface area contributed by atoms with E-state index < -0.39 is 23.6 Å². The van der Waals surface area contributed by atoms with Crippen LogP contribution in [-0.4, -0.2) is 5.91 Å². The SMILES string of the molecule is O=C1Nc2cc(Br)c(F)cc2OC1c1c(F)cccc1Cl. The molecule has 0 fully saturated rings. The van der Waals surface area contributed by atoms with E-state index in [4.69, 9.17) is 16.3 Å². The number of ether oxygens (including phenoxy) is 1. The van der Waals surface area contributed by atoms with Gasteiger partial charge in [0.25, 0.3) is 5.91 Å². The standard InChI is InChI=1S/C14H7BrClF2NO2/c15-6-4-10-11(5-9(6)18)21-13(14(20)19-10)12-7(16)2-1-3-8(12)17/h1-5,13H,(H,19,20). The molecule has 0 bridgehead atoms. The maximum atomic E-state index is 13.9. The Kier molecular flexibility index (Phi) is 3.59. The molecule has 0 saturated carbocycles. The van der Waals surface area contributed by atoms with Crippen molar-refractivity contribution in [2.24, 2.45) is 0 Å². The maximum Gasteiger partial charge on any atom is 0.270 e. The molecule has 0 aromatic heterocycles. The molecule has 1 aliphatic rings. The lowest BCUT2D eigenvalue weighted by Crippen LogP contribution is -2.31. The number of anilines is 1. The second-order valence-electron chi connectivity index (χ2n) is 4.38. The zero-order valence-corrected chi connectivity index (χ0v) is 12.6. The van der Waals surface area contributed by atoms with E-state index in [1.807, 2.05) is 0 Å². The minimum absolute atomic E-state index is 0.0659. The van der Waals surface area contributed by atoms with Gasteiger partial charge in [-0.05, 0) is 34.1 Å². The summed E-state index contributed by atoms with van der Waals surface area (Å²) in [5.74, 6) is -1.68. The summed E-state index contributed by atoms with van der Waals surface area (Å²) in [6, 6.07) is 6.54. The Morgan fingerprint density at radius 2 is 2.00 bits per heavy atom. The first-order valence-electron chi connectivity index (χ1n) is 5.88. The first kappa shape index (κ1) is 14.3. The molecule has 21 heavy (non-hydrogen) atoms. The molecule has 1 N–H and O–H groups in total. The third-order valence-corrected chi connectivity index (χ3v) is 3.96. The molecule has 0 aliphatic carbocycles. The van der Waals surface area contributed by atoms with E-state index in [2.05, 4.69) is 21.2 Å². The second kappa shape index (κ2) is 5.27. The number of amides is 1. The minimum Gasteiger partial charge on any atom is -0.473 e. The molecule has 3 rings (SSSR count). The molecule has 0 spiro atoms. The van der Waals surface area contributed by atoms with Crippen LogP contribution < -0.4 is 10.1 Å². The van der Waals surface area contributed by atoms with Crippen LogP contribution in [0.5, 0.6) is 5.75 Å². The van der Waals surface area contributed by atoms with Crippen molar-refractivity contribution in [2.45, 2.75) is 6.10 Å². The molecule has 1 aliphatic heterocycles. The van der Waals surface area contributed by atoms with Crippen LogP contribution in [0.15, 0.2) is 34.8 Å². The first-order chi connectivity index (χ1) is 9.97. The first-order valence-corrected chi connectivity index (χ1v) is 7.05. The average molecular weight is 375 g/mol. The quantitative estimate of drug-likeness (QED) is 0.801. The highest BCUT2D eigenvalue weighted by Crippen LogP contribution is 2.40. The second-order valence-corrected chi connectivity index (χ2v) is 5.65. The number of carbonyl (C=O) groups excluding carboxylic acids is 1. The predicted octanol–water partition coefficient (Wildman–Crippen LogP) is 4.45. The fraction of sp³-hybridized carbons (Fsp3) is 0.0714. The van der Waals surface area contributed by atoms with Crippen molar-refractivity contribution in [3.05, 3.63) is 57.0 Å². The van der Waals surface area contributed by atoms with E-state index >= 15 is 0 Å². The summed E-state index contributed by atoms with van der Waals surface area (Å²) in [7, 11) is 0. The Balaban J connectivity index is 2.07. The molecule has 2 aromatic rings. The summed E-state index contributed by atoms with van der Waals surface area (Å²) in [6.07, 6.45) is -1.27. The number of nitrogens with one attached hydrogen (secondary N) is 1. The van der Waals surface area contributed by atoms with Gasteiger partial charge < -0.3 is 10.1 Å². The summed E-state index contributed by atoms with van der Waals surface area (Å²) in [5, 5.41) is 2.61. The highest BCUT2D eigenvalue weighted by molar-refractivity contribution is 9.10. The fourth-order valence-corrected chi connectivity index (χ4v) is 2.66. The zero-order valence-electron chi connectivity index (χ0n) is 10.3. The highest BCUT2D eigenvalue weighted by atomic mass is 79.9. The van der Waals surface area contributed by atoms with Gasteiger partial charge in [-0.15, -0.1) is 0 Å². The van der Waals surface area contributed by atoms with E-state index in [-0.39, 0.29) is 20.8 Å². The average Bonchev–Trinajstić information content (AvgIpc) is 2.41. The summed E-state index contributed by atoms with van der Waals surface area (Å²) in [4.78, 5) is 12.1. The Morgan fingerprint density at radius 3 is 2.71 bits per heavy atom. The van der Waals surface area contributed by atoms with Crippen LogP contribution in [0, 0.1) is 11.6 Å². The Morgan fingerprint density at radius 1 is 1.24 bits per heavy atom. The molecule has 1 amide bonds. The summed E-state index contributed by atoms with van der Waals surface area (Å²) >= 11 is 8.94. The summed E-state index contributed by atoms with van der Waals surface area (Å²) in [5.41, 5.74) is 0.225. The van der Waals surface area contributed by atoms with Gasteiger partial charge in [-0.25, -0.2) is 8.78 Å². The van der Waals surface area contributed by atoms with Crippen molar-refractivity contribution in [3.63, 3.8) is 0 Å². The van der Waals surface area contributed by atoms with Crippen LogP contribution in [0.25, 0.3) is 0 Å². The fourth-order valence-electron chi connectivity index (χ4n) is 2.05. The van der Waals surface area contributed by atoms with E-state index in [0.717, 1.165) is 6.07 Å². The van der Waals surface area contributed by atoms with Crippen molar-refractivity contribution < 1.29 is 18.3 Å². The summed E-state index contributed by atoms with van der Waals surface area (Å²) < 4.78 is 33.1. The highest BCUT2D eigenvalue weighted by Gasteiger charge is 2.33. The molecule has 0 radical (unpaired) electrons. The van der Waals surface area contributed by atoms with Crippen LogP contribution in [0.1, 0.15) is 11.7 Å². The number of fused-ring (bicyclic) bond motifs is 1. The van der Waals surface area contributed by atoms with Crippen molar-refractivity contribution in [2.75, 3.05) is 5.32 Å². The van der Waals surface area contributed by atoms with Gasteiger partial charge in [-0.3, -0.25) is 4.79 Å². The molecular weight excluding hydrogens is 368 g/mol. The van der Waals surface area contributed by atoms with Gasteiger partial charge in [0.15, 0.2) is 0 Å². The van der Waals surface area contributed by atoms with E-state index in [1.54, 1.807) is 0 Å². The van der Waals surface area contributed by atoms with Crippen molar-refractivity contribution in [1.29, 1.82) is 0 Å². The van der Waals surface area contributed by atoms with Gasteiger partial charge in [-0.1, -0.05) is 17.7 Å². The molecule has 2 aromatic carbocycles. The lowest BCUT2D eigenvalue weighted by Gasteiger charge is -2.27. The van der Waals surface area contributed by atoms with Gasteiger partial charge in [-0.2, -0.15) is 0 Å². The number of hydrogen-bond acceptors (Lipinski definition) is 2. The number of rotatable bonds is 1. The van der Waals surface area contributed by atoms with Crippen LogP contribution in [0.2, 0.25) is 5.02 Å². The lowest BCUT2D eigenvalue weighted by atomic mass is 10.1. The predicted molar refractivity (Wildman–Crippen MR) is 77.5 cm³/mol. The Hall–Kier alpha value is -1.66. The molecule has 7 heteroatoms. The van der Waals surface area contributed by atoms with Gasteiger partial charge in [0.1, 0.15) is 17.4 Å². The number of carbonyl (C=O) groups is 1. The largest absolute Gasteiger partial charge is 0.473 e. The number of halogens is 4. The van der Waals surface area contributed by atoms with Crippen LogP contribution in [0.4, 0.5) is 14.5 Å². The van der Waals surface area contributed by atoms with Crippen molar-refractivity contribution in [1.82, 2.24) is 0 Å². The lowest BCUT2D eigenvalue weighted by molar-refractivity contribution is -0.123. The van der Waals surface area contributed by atoms with Crippen molar-refractivity contribution >= 4 is 39.1 Å². The summed E-state index contributed by atoms with van der Waals surface area (Å²) in [6.45, 7) is 0. The third kappa shape index (κ3) is 2.49. The molecule has 0 saturated heterocycles. The monoisotopic (exact) mass is 373 g/mol. The maximum absolute atomic E-state index is 13.9. The normalized spacial score (nSPS) is 17.0. The van der Waals surface area contributed by atoms with Gasteiger partial charge in [0.05, 0.1) is 20.7 Å². The van der Waals surface area contributed by atoms with Crippen molar-refractivity contribution in [3.8, 4) is 5.75 Å². The van der Waals surface area contributed by atoms with Crippen LogP contribution >= 0.6 is 27.5 Å². The smallest absolute Gasteiger partial charge is 0.270 e. The van der Waals surface area contributed by atoms with E-state index in [0.29, 0.717) is 5.69 Å². The number of hydrogen-bond donors (Lipinski definition) is 1. The minimum atomic E-state index is -1.27. The Labute approximate surface area is 132 Å². The molecule has 3 nitrogen and oxygen atoms in total. The topological polar surface area (TPSA) is 38.3 Å². The van der Waals surface area contributed by atoms with E-state index in [9.17, 15) is 13.6 Å². The van der Waals surface area contributed by atoms with E-state index in [1.165, 1.54) is 24.3 Å². The van der Waals surface area contributed by atoms with Gasteiger partial charge >= 0.3 is 0 Å². The van der Waals surface area contributed by atoms with Crippen LogP contribution in [-0.2, 0) is 4.79 Å². The zero-order chi connectivity index (χ0) is 15.1. The third-order valence-electron chi connectivity index (χ3n) is 3.03. The Bertz CT molecular complexity index is 734. The van der Waals surface area contributed by atoms with Gasteiger partial charge in [0, 0.05) is 6.07 Å². The van der Waals surface area contributed by atoms with Gasteiger partial charge in [0.2, 0.25) is 6.10 Å². The van der Waals surface area contributed by atoms with Crippen LogP contribution in [0.3, 0.4) is 0 Å². The number of benzene rings is 2. The molecule has 1 heterocycles. The molecular formula is C14H7BrClF2NO2. The molecule has 108 valence electrons.